The largest absolute Gasteiger partial charge is 0.456 e. The average Bonchev–Trinajstić information content (AvgIpc) is 3.20. The van der Waals surface area contributed by atoms with Crippen LogP contribution < -0.4 is 4.74 Å². The summed E-state index contributed by atoms with van der Waals surface area (Å²) in [4.78, 5) is 0. The van der Waals surface area contributed by atoms with Crippen LogP contribution in [0.4, 0.5) is 0 Å². The van der Waals surface area contributed by atoms with Gasteiger partial charge in [0.2, 0.25) is 0 Å². The topological polar surface area (TPSA) is 20.5 Å². The molecule has 9 rings (SSSR count). The fraction of sp³-hybridized carbons (Fsp3) is 0.0625. The minimum atomic E-state index is 0.824. The SMILES string of the molecule is ClC1=C(/C=C/c2cc(-c3ccccc3)[o+]c3ccc4ccccc4c23)CCC/C1=C\C=C1/C=C(c2ccccc2)Oc2ccc3ccccc3c21. The van der Waals surface area contributed by atoms with Crippen LogP contribution in [0.15, 0.2) is 184 Å². The van der Waals surface area contributed by atoms with E-state index in [1.165, 1.54) is 21.5 Å². The van der Waals surface area contributed by atoms with Crippen LogP contribution in [0.5, 0.6) is 5.75 Å². The van der Waals surface area contributed by atoms with E-state index in [0.717, 1.165) is 91.5 Å². The molecule has 0 radical (unpaired) electrons. The van der Waals surface area contributed by atoms with Gasteiger partial charge in [-0.25, -0.2) is 4.42 Å². The molecule has 2 nitrogen and oxygen atoms in total. The Labute approximate surface area is 302 Å². The molecule has 2 aliphatic rings. The zero-order valence-electron chi connectivity index (χ0n) is 28.0. The van der Waals surface area contributed by atoms with Gasteiger partial charge in [-0.1, -0.05) is 139 Å². The van der Waals surface area contributed by atoms with Crippen molar-refractivity contribution in [3.8, 4) is 17.1 Å². The van der Waals surface area contributed by atoms with E-state index in [9.17, 15) is 0 Å². The molecule has 244 valence electrons. The average molecular weight is 678 g/mol. The fourth-order valence-corrected chi connectivity index (χ4v) is 7.65. The van der Waals surface area contributed by atoms with Gasteiger partial charge in [0, 0.05) is 27.8 Å². The Balaban J connectivity index is 1.14. The second-order valence-electron chi connectivity index (χ2n) is 13.1. The Bertz CT molecular complexity index is 2620. The van der Waals surface area contributed by atoms with E-state index in [-0.39, 0.29) is 0 Å². The number of rotatable bonds is 5. The van der Waals surface area contributed by atoms with Gasteiger partial charge in [-0.3, -0.25) is 0 Å². The second kappa shape index (κ2) is 13.4. The third kappa shape index (κ3) is 5.98. The molecule has 0 saturated carbocycles. The quantitative estimate of drug-likeness (QED) is 0.133. The van der Waals surface area contributed by atoms with E-state index in [1.54, 1.807) is 0 Å². The summed E-state index contributed by atoms with van der Waals surface area (Å²) >= 11 is 7.27. The molecular weight excluding hydrogens is 644 g/mol. The molecule has 0 saturated heterocycles. The molecule has 0 fully saturated rings. The molecule has 0 unspecified atom stereocenters. The minimum Gasteiger partial charge on any atom is -0.456 e. The number of halogens is 1. The van der Waals surface area contributed by atoms with E-state index >= 15 is 0 Å². The lowest BCUT2D eigenvalue weighted by Crippen LogP contribution is -2.04. The van der Waals surface area contributed by atoms with Crippen LogP contribution in [0.3, 0.4) is 0 Å². The second-order valence-corrected chi connectivity index (χ2v) is 13.4. The van der Waals surface area contributed by atoms with E-state index < -0.39 is 0 Å². The number of hydrogen-bond donors (Lipinski definition) is 0. The summed E-state index contributed by atoms with van der Waals surface area (Å²) in [5.74, 6) is 2.53. The van der Waals surface area contributed by atoms with Gasteiger partial charge in [-0.2, -0.15) is 0 Å². The number of fused-ring (bicyclic) bond motifs is 6. The lowest BCUT2D eigenvalue weighted by Gasteiger charge is -2.22. The van der Waals surface area contributed by atoms with Crippen LogP contribution in [-0.4, -0.2) is 0 Å². The van der Waals surface area contributed by atoms with E-state index in [4.69, 9.17) is 20.8 Å². The molecule has 0 N–H and O–H groups in total. The summed E-state index contributed by atoms with van der Waals surface area (Å²) < 4.78 is 13.0. The molecule has 1 aliphatic carbocycles. The van der Waals surface area contributed by atoms with Crippen molar-refractivity contribution in [3.63, 3.8) is 0 Å². The standard InChI is InChI=1S/C48H34ClO2/c49-48-36(22-24-38-30-44(34-14-3-1-4-15-34)50-42-28-26-32-12-7-9-20-40(32)46(38)42)18-11-19-37(48)23-25-39-31-45(35-16-5-2-6-17-35)51-43-29-27-33-13-8-10-21-41(33)47(39)43/h1-10,12-17,20-31H,11,18-19H2/q+1. The maximum atomic E-state index is 7.27. The smallest absolute Gasteiger partial charge is 0.362 e. The van der Waals surface area contributed by atoms with Crippen LogP contribution >= 0.6 is 11.6 Å². The molecule has 0 atom stereocenters. The minimum absolute atomic E-state index is 0.824. The Morgan fingerprint density at radius 3 is 2.12 bits per heavy atom. The molecule has 1 aromatic heterocycles. The van der Waals surface area contributed by atoms with E-state index in [2.05, 4.69) is 134 Å². The van der Waals surface area contributed by atoms with Crippen molar-refractivity contribution in [2.75, 3.05) is 0 Å². The Kier molecular flexibility index (Phi) is 8.16. The van der Waals surface area contributed by atoms with E-state index in [1.807, 2.05) is 36.4 Å². The monoisotopic (exact) mass is 677 g/mol. The van der Waals surface area contributed by atoms with Crippen molar-refractivity contribution in [1.29, 1.82) is 0 Å². The van der Waals surface area contributed by atoms with Crippen molar-refractivity contribution in [2.24, 2.45) is 0 Å². The first kappa shape index (κ1) is 31.1. The highest BCUT2D eigenvalue weighted by Gasteiger charge is 2.22. The summed E-state index contributed by atoms with van der Waals surface area (Å²) in [5, 5.41) is 6.63. The maximum absolute atomic E-state index is 7.27. The maximum Gasteiger partial charge on any atom is 0.362 e. The molecule has 51 heavy (non-hydrogen) atoms. The molecular formula is C48H34ClO2+. The molecule has 7 aromatic rings. The number of ether oxygens (including phenoxy) is 1. The summed E-state index contributed by atoms with van der Waals surface area (Å²) in [6.07, 6.45) is 13.9. The zero-order valence-corrected chi connectivity index (χ0v) is 28.7. The van der Waals surface area contributed by atoms with Gasteiger partial charge in [0.25, 0.3) is 0 Å². The van der Waals surface area contributed by atoms with Gasteiger partial charge in [0.05, 0.1) is 17.0 Å². The van der Waals surface area contributed by atoms with Crippen molar-refractivity contribution >= 4 is 61.5 Å². The van der Waals surface area contributed by atoms with Crippen molar-refractivity contribution in [2.45, 2.75) is 19.3 Å². The molecule has 2 heterocycles. The summed E-state index contributed by atoms with van der Waals surface area (Å²) in [5.41, 5.74) is 8.53. The molecule has 0 spiro atoms. The third-order valence-electron chi connectivity index (χ3n) is 9.87. The fourth-order valence-electron chi connectivity index (χ4n) is 7.33. The van der Waals surface area contributed by atoms with E-state index in [0.29, 0.717) is 0 Å². The van der Waals surface area contributed by atoms with Gasteiger partial charge < -0.3 is 4.74 Å². The van der Waals surface area contributed by atoms with Gasteiger partial charge in [0.15, 0.2) is 0 Å². The molecule has 1 aliphatic heterocycles. The van der Waals surface area contributed by atoms with Crippen LogP contribution in [-0.2, 0) is 0 Å². The molecule has 0 bridgehead atoms. The Morgan fingerprint density at radius 2 is 1.31 bits per heavy atom. The van der Waals surface area contributed by atoms with Gasteiger partial charge in [0.1, 0.15) is 11.5 Å². The highest BCUT2D eigenvalue weighted by atomic mass is 35.5. The van der Waals surface area contributed by atoms with Crippen LogP contribution in [0, 0.1) is 0 Å². The lowest BCUT2D eigenvalue weighted by atomic mass is 9.91. The zero-order chi connectivity index (χ0) is 34.1. The first-order valence-electron chi connectivity index (χ1n) is 17.5. The lowest BCUT2D eigenvalue weighted by molar-refractivity contribution is 0.510. The van der Waals surface area contributed by atoms with Crippen LogP contribution in [0.1, 0.15) is 36.0 Å². The highest BCUT2D eigenvalue weighted by molar-refractivity contribution is 6.32. The normalized spacial score (nSPS) is 16.3. The van der Waals surface area contributed by atoms with Gasteiger partial charge in [-0.15, -0.1) is 0 Å². The van der Waals surface area contributed by atoms with Crippen molar-refractivity contribution in [1.82, 2.24) is 0 Å². The molecule has 3 heteroatoms. The number of benzene rings is 6. The molecule has 6 aromatic carbocycles. The van der Waals surface area contributed by atoms with Gasteiger partial charge >= 0.3 is 11.3 Å². The summed E-state index contributed by atoms with van der Waals surface area (Å²) in [7, 11) is 0. The van der Waals surface area contributed by atoms with Gasteiger partial charge in [-0.05, 0) is 87.9 Å². The predicted molar refractivity (Wildman–Crippen MR) is 214 cm³/mol. The predicted octanol–water partition coefficient (Wildman–Crippen LogP) is 13.8. The first-order valence-corrected chi connectivity index (χ1v) is 17.9. The number of hydrogen-bond acceptors (Lipinski definition) is 1. The highest BCUT2D eigenvalue weighted by Crippen LogP contribution is 2.42. The Hall–Kier alpha value is -5.96. The van der Waals surface area contributed by atoms with Crippen LogP contribution in [0.2, 0.25) is 0 Å². The van der Waals surface area contributed by atoms with Crippen molar-refractivity contribution < 1.29 is 9.15 Å². The number of allylic oxidation sites excluding steroid dienone is 8. The first-order chi connectivity index (χ1) is 25.2. The Morgan fingerprint density at radius 1 is 0.627 bits per heavy atom. The molecule has 0 amide bonds. The summed E-state index contributed by atoms with van der Waals surface area (Å²) in [6.45, 7) is 0. The van der Waals surface area contributed by atoms with Crippen molar-refractivity contribution in [3.05, 3.63) is 197 Å². The third-order valence-corrected chi connectivity index (χ3v) is 10.4. The van der Waals surface area contributed by atoms with Crippen LogP contribution in [0.25, 0.3) is 61.2 Å². The summed E-state index contributed by atoms with van der Waals surface area (Å²) in [6, 6.07) is 48.1.